The van der Waals surface area contributed by atoms with Gasteiger partial charge in [-0.15, -0.1) is 0 Å². The van der Waals surface area contributed by atoms with Crippen LogP contribution in [-0.4, -0.2) is 31.7 Å². The molecular weight excluding hydrogens is 368 g/mol. The van der Waals surface area contributed by atoms with Gasteiger partial charge in [-0.25, -0.2) is 4.98 Å². The first-order valence-corrected chi connectivity index (χ1v) is 9.72. The van der Waals surface area contributed by atoms with Gasteiger partial charge in [0.1, 0.15) is 11.5 Å². The Morgan fingerprint density at radius 3 is 2.66 bits per heavy atom. The van der Waals surface area contributed by atoms with E-state index in [1.807, 2.05) is 30.3 Å². The maximum Gasteiger partial charge on any atom is 0.273 e. The summed E-state index contributed by atoms with van der Waals surface area (Å²) in [4.78, 5) is 16.9. The van der Waals surface area contributed by atoms with Crippen molar-refractivity contribution in [3.05, 3.63) is 65.7 Å². The van der Waals surface area contributed by atoms with E-state index < -0.39 is 0 Å². The van der Waals surface area contributed by atoms with Crippen molar-refractivity contribution in [2.75, 3.05) is 20.8 Å². The number of nitrogens with one attached hydrogen (secondary N) is 1. The SMILES string of the molecule is COc1ccc(-c2ocnc2C(=O)NCC2CCCc3cc(OC)ccc32)cc1. The minimum atomic E-state index is -0.231. The van der Waals surface area contributed by atoms with Gasteiger partial charge in [-0.05, 0) is 66.8 Å². The Morgan fingerprint density at radius 1 is 1.14 bits per heavy atom. The number of nitrogens with zero attached hydrogens (tertiary/aromatic N) is 1. The third-order valence-electron chi connectivity index (χ3n) is 5.43. The summed E-state index contributed by atoms with van der Waals surface area (Å²) in [6.07, 6.45) is 4.49. The molecule has 0 fully saturated rings. The Balaban J connectivity index is 1.47. The highest BCUT2D eigenvalue weighted by Crippen LogP contribution is 2.33. The van der Waals surface area contributed by atoms with Crippen LogP contribution in [0.2, 0.25) is 0 Å². The van der Waals surface area contributed by atoms with E-state index in [0.29, 0.717) is 18.0 Å². The fourth-order valence-corrected chi connectivity index (χ4v) is 3.89. The van der Waals surface area contributed by atoms with Crippen molar-refractivity contribution in [3.63, 3.8) is 0 Å². The number of methoxy groups -OCH3 is 2. The van der Waals surface area contributed by atoms with E-state index in [1.54, 1.807) is 14.2 Å². The Morgan fingerprint density at radius 2 is 1.90 bits per heavy atom. The van der Waals surface area contributed by atoms with Gasteiger partial charge in [-0.3, -0.25) is 4.79 Å². The monoisotopic (exact) mass is 392 g/mol. The number of aromatic nitrogens is 1. The largest absolute Gasteiger partial charge is 0.497 e. The summed E-state index contributed by atoms with van der Waals surface area (Å²) in [6, 6.07) is 13.5. The molecule has 1 atom stereocenters. The molecule has 0 radical (unpaired) electrons. The second kappa shape index (κ2) is 8.39. The first-order chi connectivity index (χ1) is 14.2. The lowest BCUT2D eigenvalue weighted by Gasteiger charge is -2.26. The summed E-state index contributed by atoms with van der Waals surface area (Å²) < 4.78 is 16.0. The Labute approximate surface area is 169 Å². The van der Waals surface area contributed by atoms with Gasteiger partial charge in [-0.1, -0.05) is 6.07 Å². The van der Waals surface area contributed by atoms with Gasteiger partial charge in [0, 0.05) is 18.0 Å². The zero-order chi connectivity index (χ0) is 20.2. The van der Waals surface area contributed by atoms with Crippen LogP contribution in [0.25, 0.3) is 11.3 Å². The number of fused-ring (bicyclic) bond motifs is 1. The molecule has 29 heavy (non-hydrogen) atoms. The predicted octanol–water partition coefficient (Wildman–Crippen LogP) is 4.21. The molecule has 0 spiro atoms. The van der Waals surface area contributed by atoms with Crippen LogP contribution in [-0.2, 0) is 6.42 Å². The van der Waals surface area contributed by atoms with Crippen molar-refractivity contribution in [1.82, 2.24) is 10.3 Å². The number of ether oxygens (including phenoxy) is 2. The van der Waals surface area contributed by atoms with Crippen LogP contribution in [0.4, 0.5) is 0 Å². The van der Waals surface area contributed by atoms with Crippen LogP contribution in [0, 0.1) is 0 Å². The molecule has 0 saturated carbocycles. The van der Waals surface area contributed by atoms with Gasteiger partial charge in [0.15, 0.2) is 17.8 Å². The minimum Gasteiger partial charge on any atom is -0.497 e. The number of carbonyl (C=O) groups excluding carboxylic acids is 1. The molecule has 0 bridgehead atoms. The van der Waals surface area contributed by atoms with Crippen molar-refractivity contribution in [3.8, 4) is 22.8 Å². The summed E-state index contributed by atoms with van der Waals surface area (Å²) >= 11 is 0. The molecule has 1 amide bonds. The van der Waals surface area contributed by atoms with Gasteiger partial charge in [0.25, 0.3) is 5.91 Å². The molecule has 2 aromatic carbocycles. The first-order valence-electron chi connectivity index (χ1n) is 9.72. The molecular formula is C23H24N2O4. The number of amides is 1. The third-order valence-corrected chi connectivity index (χ3v) is 5.43. The zero-order valence-electron chi connectivity index (χ0n) is 16.6. The van der Waals surface area contributed by atoms with Crippen LogP contribution >= 0.6 is 0 Å². The second-order valence-electron chi connectivity index (χ2n) is 7.12. The van der Waals surface area contributed by atoms with Crippen LogP contribution in [0.15, 0.2) is 53.3 Å². The zero-order valence-corrected chi connectivity index (χ0v) is 16.6. The average molecular weight is 392 g/mol. The van der Waals surface area contributed by atoms with E-state index in [-0.39, 0.29) is 11.8 Å². The minimum absolute atomic E-state index is 0.231. The van der Waals surface area contributed by atoms with Crippen LogP contribution in [0.1, 0.15) is 40.4 Å². The van der Waals surface area contributed by atoms with Crippen molar-refractivity contribution in [1.29, 1.82) is 0 Å². The molecule has 1 N–H and O–H groups in total. The van der Waals surface area contributed by atoms with Crippen molar-refractivity contribution in [2.24, 2.45) is 0 Å². The van der Waals surface area contributed by atoms with Gasteiger partial charge >= 0.3 is 0 Å². The molecule has 6 nitrogen and oxygen atoms in total. The summed E-state index contributed by atoms with van der Waals surface area (Å²) in [5.74, 6) is 2.13. The van der Waals surface area contributed by atoms with Gasteiger partial charge in [0.05, 0.1) is 14.2 Å². The van der Waals surface area contributed by atoms with Gasteiger partial charge < -0.3 is 19.2 Å². The van der Waals surface area contributed by atoms with E-state index >= 15 is 0 Å². The average Bonchev–Trinajstić information content (AvgIpc) is 3.27. The van der Waals surface area contributed by atoms with Gasteiger partial charge in [0.2, 0.25) is 0 Å². The summed E-state index contributed by atoms with van der Waals surface area (Å²) in [6.45, 7) is 0.563. The number of benzene rings is 2. The fourth-order valence-electron chi connectivity index (χ4n) is 3.89. The first kappa shape index (κ1) is 19.1. The standard InChI is InChI=1S/C23H24N2O4/c1-27-18-8-6-15(7-9-18)22-21(25-14-29-22)23(26)24-13-17-5-3-4-16-12-19(28-2)10-11-20(16)17/h6-12,14,17H,3-5,13H2,1-2H3,(H,24,26). The quantitative estimate of drug-likeness (QED) is 0.680. The molecule has 3 aromatic rings. The summed E-state index contributed by atoms with van der Waals surface area (Å²) in [5.41, 5.74) is 3.66. The van der Waals surface area contributed by atoms with Crippen molar-refractivity contribution < 1.29 is 18.7 Å². The highest BCUT2D eigenvalue weighted by Gasteiger charge is 2.23. The number of hydrogen-bond acceptors (Lipinski definition) is 5. The molecule has 150 valence electrons. The molecule has 0 saturated heterocycles. The predicted molar refractivity (Wildman–Crippen MR) is 109 cm³/mol. The van der Waals surface area contributed by atoms with E-state index in [2.05, 4.69) is 22.4 Å². The number of hydrogen-bond donors (Lipinski definition) is 1. The molecule has 1 aliphatic rings. The Bertz CT molecular complexity index is 994. The van der Waals surface area contributed by atoms with E-state index in [9.17, 15) is 4.79 Å². The molecule has 1 aromatic heterocycles. The molecule has 0 aliphatic heterocycles. The third kappa shape index (κ3) is 3.97. The van der Waals surface area contributed by atoms with Crippen molar-refractivity contribution >= 4 is 5.91 Å². The van der Waals surface area contributed by atoms with E-state index in [4.69, 9.17) is 13.9 Å². The van der Waals surface area contributed by atoms with E-state index in [0.717, 1.165) is 36.3 Å². The maximum absolute atomic E-state index is 12.8. The maximum atomic E-state index is 12.8. The topological polar surface area (TPSA) is 73.6 Å². The summed E-state index contributed by atoms with van der Waals surface area (Å²) in [7, 11) is 3.29. The number of oxazole rings is 1. The van der Waals surface area contributed by atoms with Crippen LogP contribution < -0.4 is 14.8 Å². The Hall–Kier alpha value is -3.28. The highest BCUT2D eigenvalue weighted by molar-refractivity contribution is 5.97. The Kier molecular flexibility index (Phi) is 5.51. The number of carbonyl (C=O) groups is 1. The normalized spacial score (nSPS) is 15.4. The van der Waals surface area contributed by atoms with Gasteiger partial charge in [-0.2, -0.15) is 0 Å². The smallest absolute Gasteiger partial charge is 0.273 e. The molecule has 1 aliphatic carbocycles. The molecule has 1 heterocycles. The molecule has 1 unspecified atom stereocenters. The van der Waals surface area contributed by atoms with E-state index in [1.165, 1.54) is 17.5 Å². The second-order valence-corrected chi connectivity index (χ2v) is 7.12. The lowest BCUT2D eigenvalue weighted by Crippen LogP contribution is -2.30. The van der Waals surface area contributed by atoms with Crippen LogP contribution in [0.3, 0.4) is 0 Å². The fraction of sp³-hybridized carbons (Fsp3) is 0.304. The van der Waals surface area contributed by atoms with Crippen LogP contribution in [0.5, 0.6) is 11.5 Å². The number of rotatable bonds is 6. The molecule has 6 heteroatoms. The van der Waals surface area contributed by atoms with Crippen molar-refractivity contribution in [2.45, 2.75) is 25.2 Å². The summed E-state index contributed by atoms with van der Waals surface area (Å²) in [5, 5.41) is 3.04. The molecule has 4 rings (SSSR count). The highest BCUT2D eigenvalue weighted by atomic mass is 16.5. The lowest BCUT2D eigenvalue weighted by molar-refractivity contribution is 0.0946. The number of aryl methyl sites for hydroxylation is 1. The lowest BCUT2D eigenvalue weighted by atomic mass is 9.82.